The first-order valence-corrected chi connectivity index (χ1v) is 4.72. The molecule has 0 aliphatic carbocycles. The van der Waals surface area contributed by atoms with E-state index in [9.17, 15) is 15.2 Å². The van der Waals surface area contributed by atoms with Crippen LogP contribution in [-0.4, -0.2) is 10.0 Å². The van der Waals surface area contributed by atoms with Gasteiger partial charge in [0.05, 0.1) is 22.5 Å². The van der Waals surface area contributed by atoms with Gasteiger partial charge in [-0.15, -0.1) is 0 Å². The quantitative estimate of drug-likeness (QED) is 0.624. The molecular weight excluding hydrogens is 208 g/mol. The largest absolute Gasteiger partial charge is 0.387 e. The van der Waals surface area contributed by atoms with Crippen LogP contribution in [0.15, 0.2) is 24.3 Å². The molecule has 1 rings (SSSR count). The second kappa shape index (κ2) is 4.29. The van der Waals surface area contributed by atoms with E-state index < -0.39 is 16.4 Å². The molecule has 1 aromatic rings. The molecule has 0 aromatic heterocycles. The van der Waals surface area contributed by atoms with Gasteiger partial charge in [-0.2, -0.15) is 5.26 Å². The van der Waals surface area contributed by atoms with Crippen molar-refractivity contribution >= 4 is 5.69 Å². The van der Waals surface area contributed by atoms with E-state index in [4.69, 9.17) is 5.26 Å². The summed E-state index contributed by atoms with van der Waals surface area (Å²) in [5.74, 6) is 0. The molecule has 84 valence electrons. The van der Waals surface area contributed by atoms with E-state index in [-0.39, 0.29) is 5.69 Å². The number of nitro benzene ring substituents is 1. The highest BCUT2D eigenvalue weighted by molar-refractivity contribution is 5.34. The number of nitro groups is 1. The van der Waals surface area contributed by atoms with Crippen molar-refractivity contribution in [2.24, 2.45) is 5.41 Å². The average Bonchev–Trinajstić information content (AvgIpc) is 2.28. The van der Waals surface area contributed by atoms with Crippen LogP contribution in [0.1, 0.15) is 25.5 Å². The molecule has 0 amide bonds. The van der Waals surface area contributed by atoms with Gasteiger partial charge in [-0.05, 0) is 31.5 Å². The Morgan fingerprint density at radius 2 is 1.94 bits per heavy atom. The van der Waals surface area contributed by atoms with E-state index in [0.29, 0.717) is 5.56 Å². The smallest absolute Gasteiger partial charge is 0.269 e. The molecule has 1 atom stereocenters. The molecule has 5 heteroatoms. The fourth-order valence-electron chi connectivity index (χ4n) is 1.26. The molecule has 0 spiro atoms. The second-order valence-corrected chi connectivity index (χ2v) is 4.08. The molecule has 1 aromatic carbocycles. The fraction of sp³-hybridized carbons (Fsp3) is 0.364. The van der Waals surface area contributed by atoms with Crippen molar-refractivity contribution in [3.63, 3.8) is 0 Å². The minimum absolute atomic E-state index is 0.0364. The zero-order valence-electron chi connectivity index (χ0n) is 9.04. The number of hydrogen-bond acceptors (Lipinski definition) is 4. The summed E-state index contributed by atoms with van der Waals surface area (Å²) < 4.78 is 0. The second-order valence-electron chi connectivity index (χ2n) is 4.08. The van der Waals surface area contributed by atoms with Gasteiger partial charge in [-0.3, -0.25) is 10.1 Å². The number of aliphatic hydroxyl groups is 1. The molecular formula is C11H12N2O3. The lowest BCUT2D eigenvalue weighted by Gasteiger charge is -2.22. The van der Waals surface area contributed by atoms with Crippen molar-refractivity contribution in [2.45, 2.75) is 20.0 Å². The van der Waals surface area contributed by atoms with Crippen molar-refractivity contribution in [3.8, 4) is 6.07 Å². The highest BCUT2D eigenvalue weighted by Gasteiger charge is 2.29. The molecule has 0 radical (unpaired) electrons. The van der Waals surface area contributed by atoms with E-state index in [2.05, 4.69) is 0 Å². The van der Waals surface area contributed by atoms with Gasteiger partial charge >= 0.3 is 0 Å². The van der Waals surface area contributed by atoms with Gasteiger partial charge in [0.25, 0.3) is 5.69 Å². The Morgan fingerprint density at radius 3 is 2.31 bits per heavy atom. The summed E-state index contributed by atoms with van der Waals surface area (Å²) >= 11 is 0. The number of benzene rings is 1. The molecule has 0 unspecified atom stereocenters. The maximum atomic E-state index is 10.4. The van der Waals surface area contributed by atoms with Crippen LogP contribution in [0.5, 0.6) is 0 Å². The maximum Gasteiger partial charge on any atom is 0.269 e. The Balaban J connectivity index is 3.00. The first kappa shape index (κ1) is 12.1. The Hall–Kier alpha value is -1.93. The predicted octanol–water partition coefficient (Wildman–Crippen LogP) is 2.18. The topological polar surface area (TPSA) is 87.2 Å². The SMILES string of the molecule is CC(C)(C#N)[C@H](O)c1ccc([N+](=O)[O-])cc1. The molecule has 0 saturated carbocycles. The number of nitrogens with zero attached hydrogens (tertiary/aromatic N) is 2. The van der Waals surface area contributed by atoms with Gasteiger partial charge in [0.15, 0.2) is 0 Å². The number of non-ortho nitro benzene ring substituents is 1. The van der Waals surface area contributed by atoms with Crippen molar-refractivity contribution in [1.29, 1.82) is 5.26 Å². The van der Waals surface area contributed by atoms with Gasteiger partial charge in [-0.1, -0.05) is 0 Å². The summed E-state index contributed by atoms with van der Waals surface area (Å²) in [6.45, 7) is 3.22. The molecule has 1 N–H and O–H groups in total. The molecule has 16 heavy (non-hydrogen) atoms. The summed E-state index contributed by atoms with van der Waals surface area (Å²) in [6, 6.07) is 7.54. The van der Waals surface area contributed by atoms with Crippen LogP contribution in [0.2, 0.25) is 0 Å². The maximum absolute atomic E-state index is 10.4. The van der Waals surface area contributed by atoms with Crippen LogP contribution in [0.3, 0.4) is 0 Å². The van der Waals surface area contributed by atoms with Crippen LogP contribution in [-0.2, 0) is 0 Å². The predicted molar refractivity (Wildman–Crippen MR) is 57.5 cm³/mol. The van der Waals surface area contributed by atoms with Crippen LogP contribution in [0.4, 0.5) is 5.69 Å². The van der Waals surface area contributed by atoms with E-state index in [1.807, 2.05) is 6.07 Å². The van der Waals surface area contributed by atoms with Gasteiger partial charge in [0.2, 0.25) is 0 Å². The fourth-order valence-corrected chi connectivity index (χ4v) is 1.26. The third-order valence-corrected chi connectivity index (χ3v) is 2.39. The minimum Gasteiger partial charge on any atom is -0.387 e. The van der Waals surface area contributed by atoms with Crippen molar-refractivity contribution in [1.82, 2.24) is 0 Å². The van der Waals surface area contributed by atoms with E-state index in [1.54, 1.807) is 13.8 Å². The summed E-state index contributed by atoms with van der Waals surface area (Å²) in [5, 5.41) is 29.2. The van der Waals surface area contributed by atoms with E-state index >= 15 is 0 Å². The number of aliphatic hydroxyl groups excluding tert-OH is 1. The average molecular weight is 220 g/mol. The first-order chi connectivity index (χ1) is 7.38. The van der Waals surface area contributed by atoms with Crippen LogP contribution in [0, 0.1) is 26.9 Å². The summed E-state index contributed by atoms with van der Waals surface area (Å²) in [4.78, 5) is 9.92. The van der Waals surface area contributed by atoms with Crippen LogP contribution >= 0.6 is 0 Å². The van der Waals surface area contributed by atoms with Gasteiger partial charge < -0.3 is 5.11 Å². The Labute approximate surface area is 93.1 Å². The van der Waals surface area contributed by atoms with E-state index in [0.717, 1.165) is 0 Å². The highest BCUT2D eigenvalue weighted by atomic mass is 16.6. The molecule has 5 nitrogen and oxygen atoms in total. The standard InChI is InChI=1S/C11H12N2O3/c1-11(2,7-12)10(14)8-3-5-9(6-4-8)13(15)16/h3-6,10,14H,1-2H3/t10-/m1/s1. The molecule has 0 aliphatic rings. The Kier molecular flexibility index (Phi) is 3.25. The first-order valence-electron chi connectivity index (χ1n) is 4.72. The molecule has 0 fully saturated rings. The van der Waals surface area contributed by atoms with Gasteiger partial charge in [0, 0.05) is 12.1 Å². The Bertz CT molecular complexity index is 432. The monoisotopic (exact) mass is 220 g/mol. The number of nitriles is 1. The molecule has 0 saturated heterocycles. The third-order valence-electron chi connectivity index (χ3n) is 2.39. The molecule has 0 heterocycles. The summed E-state index contributed by atoms with van der Waals surface area (Å²) in [7, 11) is 0. The van der Waals surface area contributed by atoms with Crippen LogP contribution in [0.25, 0.3) is 0 Å². The normalized spacial score (nSPS) is 12.9. The Morgan fingerprint density at radius 1 is 1.44 bits per heavy atom. The van der Waals surface area contributed by atoms with Crippen molar-refractivity contribution < 1.29 is 10.0 Å². The lowest BCUT2D eigenvalue weighted by Crippen LogP contribution is -2.19. The number of hydrogen-bond donors (Lipinski definition) is 1. The number of rotatable bonds is 3. The van der Waals surface area contributed by atoms with Crippen molar-refractivity contribution in [3.05, 3.63) is 39.9 Å². The molecule has 0 aliphatic heterocycles. The van der Waals surface area contributed by atoms with E-state index in [1.165, 1.54) is 24.3 Å². The highest BCUT2D eigenvalue weighted by Crippen LogP contribution is 2.32. The van der Waals surface area contributed by atoms with Gasteiger partial charge in [-0.25, -0.2) is 0 Å². The lowest BCUT2D eigenvalue weighted by molar-refractivity contribution is -0.384. The summed E-state index contributed by atoms with van der Waals surface area (Å²) in [6.07, 6.45) is -0.960. The zero-order valence-corrected chi connectivity index (χ0v) is 9.04. The third kappa shape index (κ3) is 2.35. The van der Waals surface area contributed by atoms with Gasteiger partial charge in [0.1, 0.15) is 0 Å². The summed E-state index contributed by atoms with van der Waals surface area (Å²) in [5.41, 5.74) is -0.460. The van der Waals surface area contributed by atoms with Crippen LogP contribution < -0.4 is 0 Å². The van der Waals surface area contributed by atoms with Crippen molar-refractivity contribution in [2.75, 3.05) is 0 Å². The zero-order chi connectivity index (χ0) is 12.3. The minimum atomic E-state index is -0.960. The lowest BCUT2D eigenvalue weighted by atomic mass is 9.84. The molecule has 0 bridgehead atoms.